The van der Waals surface area contributed by atoms with E-state index in [1.807, 2.05) is 0 Å². The summed E-state index contributed by atoms with van der Waals surface area (Å²) in [6.07, 6.45) is 0. The number of aryl methyl sites for hydroxylation is 1. The molecular formula is C10H17BrClNS. The molecule has 0 aromatic carbocycles. The van der Waals surface area contributed by atoms with Crippen LogP contribution in [-0.4, -0.2) is 0 Å². The molecule has 0 fully saturated rings. The van der Waals surface area contributed by atoms with E-state index in [-0.39, 0.29) is 23.9 Å². The first-order valence-electron chi connectivity index (χ1n) is 4.34. The highest BCUT2D eigenvalue weighted by Crippen LogP contribution is 2.37. The first-order chi connectivity index (χ1) is 5.82. The van der Waals surface area contributed by atoms with Gasteiger partial charge in [-0.1, -0.05) is 20.8 Å². The average Bonchev–Trinajstić information content (AvgIpc) is 2.29. The quantitative estimate of drug-likeness (QED) is 0.822. The normalized spacial score (nSPS) is 13.6. The van der Waals surface area contributed by atoms with Crippen molar-refractivity contribution in [1.29, 1.82) is 0 Å². The van der Waals surface area contributed by atoms with Crippen molar-refractivity contribution in [3.05, 3.63) is 20.3 Å². The third-order valence-electron chi connectivity index (χ3n) is 2.12. The van der Waals surface area contributed by atoms with Gasteiger partial charge in [0.25, 0.3) is 0 Å². The number of halogens is 2. The second-order valence-electron chi connectivity index (χ2n) is 4.45. The van der Waals surface area contributed by atoms with Crippen LogP contribution in [0.25, 0.3) is 0 Å². The number of rotatable bonds is 1. The van der Waals surface area contributed by atoms with Gasteiger partial charge < -0.3 is 5.73 Å². The zero-order valence-corrected chi connectivity index (χ0v) is 12.1. The lowest BCUT2D eigenvalue weighted by Gasteiger charge is -2.25. The minimum absolute atomic E-state index is 0. The summed E-state index contributed by atoms with van der Waals surface area (Å²) in [7, 11) is 0. The van der Waals surface area contributed by atoms with Crippen molar-refractivity contribution >= 4 is 39.7 Å². The van der Waals surface area contributed by atoms with Gasteiger partial charge in [0.2, 0.25) is 0 Å². The Balaban J connectivity index is 0.00000169. The molecule has 1 nitrogen and oxygen atoms in total. The maximum absolute atomic E-state index is 6.14. The summed E-state index contributed by atoms with van der Waals surface area (Å²) in [6, 6.07) is 2.30. The van der Waals surface area contributed by atoms with Crippen molar-refractivity contribution in [2.75, 3.05) is 0 Å². The molecule has 14 heavy (non-hydrogen) atoms. The molecule has 0 bridgehead atoms. The number of hydrogen-bond acceptors (Lipinski definition) is 2. The Morgan fingerprint density at radius 3 is 2.21 bits per heavy atom. The van der Waals surface area contributed by atoms with Crippen LogP contribution in [0.3, 0.4) is 0 Å². The molecule has 2 N–H and O–H groups in total. The lowest BCUT2D eigenvalue weighted by atomic mass is 9.86. The molecule has 1 heterocycles. The summed E-state index contributed by atoms with van der Waals surface area (Å²) in [5, 5.41) is 0. The highest BCUT2D eigenvalue weighted by molar-refractivity contribution is 9.11. The van der Waals surface area contributed by atoms with Crippen LogP contribution in [0.5, 0.6) is 0 Å². The van der Waals surface area contributed by atoms with Crippen LogP contribution in [0.15, 0.2) is 9.85 Å². The van der Waals surface area contributed by atoms with Crippen LogP contribution < -0.4 is 5.73 Å². The molecule has 1 rings (SSSR count). The third kappa shape index (κ3) is 3.23. The fourth-order valence-electron chi connectivity index (χ4n) is 1.06. The van der Waals surface area contributed by atoms with Gasteiger partial charge in [0.15, 0.2) is 0 Å². The minimum Gasteiger partial charge on any atom is -0.323 e. The van der Waals surface area contributed by atoms with E-state index in [0.717, 1.165) is 0 Å². The number of nitrogens with two attached hydrogens (primary N) is 1. The summed E-state index contributed by atoms with van der Waals surface area (Å²) in [5.74, 6) is 0. The first-order valence-corrected chi connectivity index (χ1v) is 5.94. The fraction of sp³-hybridized carbons (Fsp3) is 0.600. The van der Waals surface area contributed by atoms with E-state index in [2.05, 4.69) is 49.7 Å². The lowest BCUT2D eigenvalue weighted by molar-refractivity contribution is 0.331. The lowest BCUT2D eigenvalue weighted by Crippen LogP contribution is -2.25. The Morgan fingerprint density at radius 2 is 1.93 bits per heavy atom. The summed E-state index contributed by atoms with van der Waals surface area (Å²) in [4.78, 5) is 1.26. The summed E-state index contributed by atoms with van der Waals surface area (Å²) in [5.41, 5.74) is 7.56. The molecule has 0 aliphatic carbocycles. The van der Waals surface area contributed by atoms with Gasteiger partial charge in [0, 0.05) is 10.9 Å². The Kier molecular flexibility index (Phi) is 5.12. The topological polar surface area (TPSA) is 26.0 Å². The van der Waals surface area contributed by atoms with E-state index in [4.69, 9.17) is 5.73 Å². The molecule has 0 saturated carbocycles. The van der Waals surface area contributed by atoms with Gasteiger partial charge in [0.05, 0.1) is 3.79 Å². The predicted octanol–water partition coefficient (Wildman–Crippen LogP) is 4.29. The molecule has 0 aliphatic rings. The molecule has 0 spiro atoms. The van der Waals surface area contributed by atoms with Crippen LogP contribution in [0.2, 0.25) is 0 Å². The zero-order valence-electron chi connectivity index (χ0n) is 8.93. The van der Waals surface area contributed by atoms with E-state index in [1.54, 1.807) is 11.3 Å². The van der Waals surface area contributed by atoms with Crippen molar-refractivity contribution < 1.29 is 0 Å². The summed E-state index contributed by atoms with van der Waals surface area (Å²) >= 11 is 5.26. The Labute approximate surface area is 105 Å². The molecule has 82 valence electrons. The van der Waals surface area contributed by atoms with Crippen LogP contribution in [0.4, 0.5) is 0 Å². The standard InChI is InChI=1S/C10H16BrNS.ClH/c1-6-5-7(13-9(6)11)8(12)10(2,3)4;/h5,8H,12H2,1-4H3;1H/t8-;/m0./s1. The fourth-order valence-corrected chi connectivity index (χ4v) is 2.88. The monoisotopic (exact) mass is 297 g/mol. The molecule has 0 unspecified atom stereocenters. The third-order valence-corrected chi connectivity index (χ3v) is 4.34. The van der Waals surface area contributed by atoms with Gasteiger partial charge in [-0.3, -0.25) is 0 Å². The van der Waals surface area contributed by atoms with Crippen molar-refractivity contribution in [2.45, 2.75) is 33.7 Å². The molecule has 4 heteroatoms. The van der Waals surface area contributed by atoms with E-state index in [9.17, 15) is 0 Å². The van der Waals surface area contributed by atoms with E-state index in [0.29, 0.717) is 0 Å². The van der Waals surface area contributed by atoms with Crippen LogP contribution >= 0.6 is 39.7 Å². The van der Waals surface area contributed by atoms with Crippen molar-refractivity contribution in [3.8, 4) is 0 Å². The highest BCUT2D eigenvalue weighted by atomic mass is 79.9. The smallest absolute Gasteiger partial charge is 0.0731 e. The molecule has 0 radical (unpaired) electrons. The van der Waals surface area contributed by atoms with Crippen molar-refractivity contribution in [2.24, 2.45) is 11.1 Å². The zero-order chi connectivity index (χ0) is 10.2. The second-order valence-corrected chi connectivity index (χ2v) is 6.85. The molecule has 1 atom stereocenters. The van der Waals surface area contributed by atoms with E-state index >= 15 is 0 Å². The van der Waals surface area contributed by atoms with Crippen molar-refractivity contribution in [3.63, 3.8) is 0 Å². The molecular weight excluding hydrogens is 282 g/mol. The number of thiophene rings is 1. The Hall–Kier alpha value is 0.430. The first kappa shape index (κ1) is 14.4. The highest BCUT2D eigenvalue weighted by Gasteiger charge is 2.24. The maximum atomic E-state index is 6.14. The molecule has 0 saturated heterocycles. The molecule has 1 aromatic rings. The SMILES string of the molecule is Cc1cc([C@H](N)C(C)(C)C)sc1Br.Cl. The van der Waals surface area contributed by atoms with Gasteiger partial charge in [-0.05, 0) is 39.9 Å². The molecule has 0 aliphatic heterocycles. The Bertz CT molecular complexity index is 284. The molecule has 0 amide bonds. The van der Waals surface area contributed by atoms with Gasteiger partial charge in [0.1, 0.15) is 0 Å². The Morgan fingerprint density at radius 1 is 1.43 bits per heavy atom. The van der Waals surface area contributed by atoms with Gasteiger partial charge in [-0.15, -0.1) is 23.7 Å². The van der Waals surface area contributed by atoms with E-state index in [1.165, 1.54) is 14.2 Å². The number of hydrogen-bond donors (Lipinski definition) is 1. The van der Waals surface area contributed by atoms with Crippen molar-refractivity contribution in [1.82, 2.24) is 0 Å². The predicted molar refractivity (Wildman–Crippen MR) is 70.4 cm³/mol. The van der Waals surface area contributed by atoms with E-state index < -0.39 is 0 Å². The van der Waals surface area contributed by atoms with Gasteiger partial charge in [-0.25, -0.2) is 0 Å². The largest absolute Gasteiger partial charge is 0.323 e. The average molecular weight is 299 g/mol. The van der Waals surface area contributed by atoms with Crippen LogP contribution in [0.1, 0.15) is 37.3 Å². The second kappa shape index (κ2) is 4.97. The molecule has 1 aromatic heterocycles. The van der Waals surface area contributed by atoms with Crippen LogP contribution in [-0.2, 0) is 0 Å². The minimum atomic E-state index is 0. The summed E-state index contributed by atoms with van der Waals surface area (Å²) in [6.45, 7) is 8.60. The van der Waals surface area contributed by atoms with Crippen LogP contribution in [0, 0.1) is 12.3 Å². The van der Waals surface area contributed by atoms with Gasteiger partial charge in [-0.2, -0.15) is 0 Å². The van der Waals surface area contributed by atoms with Gasteiger partial charge >= 0.3 is 0 Å². The maximum Gasteiger partial charge on any atom is 0.0731 e. The summed E-state index contributed by atoms with van der Waals surface area (Å²) < 4.78 is 1.20.